The lowest BCUT2D eigenvalue weighted by molar-refractivity contribution is 0.261. The topological polar surface area (TPSA) is 53.5 Å². The molecule has 0 aliphatic carbocycles. The van der Waals surface area contributed by atoms with Gasteiger partial charge < -0.3 is 0 Å². The largest absolute Gasteiger partial charge is 0.298 e. The lowest BCUT2D eigenvalue weighted by Gasteiger charge is -2.28. The van der Waals surface area contributed by atoms with Gasteiger partial charge in [0.25, 0.3) is 0 Å². The number of nitrogens with zero attached hydrogens (tertiary/aromatic N) is 3. The van der Waals surface area contributed by atoms with Gasteiger partial charge >= 0.3 is 0 Å². The normalized spacial score (nSPS) is 25.5. The van der Waals surface area contributed by atoms with Crippen LogP contribution in [0.5, 0.6) is 0 Å². The third-order valence-electron chi connectivity index (χ3n) is 6.43. The van der Waals surface area contributed by atoms with E-state index in [1.165, 1.54) is 17.2 Å². The molecule has 0 amide bonds. The van der Waals surface area contributed by atoms with Crippen LogP contribution in [0.25, 0.3) is 10.8 Å². The molecule has 2 aliphatic heterocycles. The second kappa shape index (κ2) is 7.20. The molecule has 2 fully saturated rings. The van der Waals surface area contributed by atoms with Crippen LogP contribution in [0.3, 0.4) is 0 Å². The van der Waals surface area contributed by atoms with Crippen molar-refractivity contribution in [1.82, 2.24) is 14.2 Å². The highest BCUT2D eigenvalue weighted by molar-refractivity contribution is 7.88. The zero-order valence-corrected chi connectivity index (χ0v) is 17.3. The minimum absolute atomic E-state index is 0.0714. The quantitative estimate of drug-likeness (QED) is 0.666. The van der Waals surface area contributed by atoms with Crippen LogP contribution in [0.2, 0.25) is 0 Å². The van der Waals surface area contributed by atoms with Crippen molar-refractivity contribution < 1.29 is 8.42 Å². The number of aromatic nitrogens is 1. The van der Waals surface area contributed by atoms with Crippen molar-refractivity contribution in [2.75, 3.05) is 25.9 Å². The van der Waals surface area contributed by atoms with Gasteiger partial charge in [-0.2, -0.15) is 4.31 Å². The number of hydrogen-bond acceptors (Lipinski definition) is 4. The van der Waals surface area contributed by atoms with Gasteiger partial charge in [0, 0.05) is 44.0 Å². The Morgan fingerprint density at radius 2 is 1.83 bits per heavy atom. The van der Waals surface area contributed by atoms with Crippen LogP contribution in [0.1, 0.15) is 17.2 Å². The Labute approximate surface area is 172 Å². The Hall–Kier alpha value is -2.28. The average molecular weight is 408 g/mol. The van der Waals surface area contributed by atoms with Gasteiger partial charge in [0.05, 0.1) is 12.3 Å². The molecule has 0 saturated carbocycles. The maximum atomic E-state index is 12.5. The molecular weight excluding hydrogens is 382 g/mol. The second-order valence-corrected chi connectivity index (χ2v) is 10.3. The lowest BCUT2D eigenvalue weighted by atomic mass is 9.90. The first kappa shape index (κ1) is 18.7. The summed E-state index contributed by atoms with van der Waals surface area (Å²) in [6.45, 7) is 3.34. The third kappa shape index (κ3) is 3.45. The van der Waals surface area contributed by atoms with Crippen molar-refractivity contribution in [2.24, 2.45) is 11.8 Å². The first-order valence-electron chi connectivity index (χ1n) is 10.1. The smallest absolute Gasteiger partial charge is 0.211 e. The molecule has 1 aromatic heterocycles. The lowest BCUT2D eigenvalue weighted by Crippen LogP contribution is -2.34. The molecule has 5 nitrogen and oxygen atoms in total. The molecule has 2 aliphatic rings. The SMILES string of the molecule is CS(=O)(=O)N1C[C@H]2CN(Cc3cccc4cnccc34)C[C@H]2[C@@H]1c1ccccc1. The molecule has 3 heterocycles. The van der Waals surface area contributed by atoms with Crippen LogP contribution in [0, 0.1) is 11.8 Å². The summed E-state index contributed by atoms with van der Waals surface area (Å²) in [6.07, 6.45) is 5.10. The van der Waals surface area contributed by atoms with Crippen LogP contribution < -0.4 is 0 Å². The Kier molecular flexibility index (Phi) is 4.65. The highest BCUT2D eigenvalue weighted by Crippen LogP contribution is 2.46. The monoisotopic (exact) mass is 407 g/mol. The van der Waals surface area contributed by atoms with E-state index in [4.69, 9.17) is 0 Å². The molecule has 3 atom stereocenters. The van der Waals surface area contributed by atoms with Crippen LogP contribution >= 0.6 is 0 Å². The number of benzene rings is 2. The zero-order valence-electron chi connectivity index (χ0n) is 16.5. The molecule has 0 radical (unpaired) electrons. The Bertz CT molecular complexity index is 1130. The van der Waals surface area contributed by atoms with Gasteiger partial charge in [-0.25, -0.2) is 8.42 Å². The fraction of sp³-hybridized carbons (Fsp3) is 0.348. The molecule has 0 spiro atoms. The van der Waals surface area contributed by atoms with E-state index in [9.17, 15) is 8.42 Å². The highest BCUT2D eigenvalue weighted by Gasteiger charge is 2.50. The van der Waals surface area contributed by atoms with Crippen molar-refractivity contribution in [2.45, 2.75) is 12.6 Å². The van der Waals surface area contributed by atoms with Crippen LogP contribution in [-0.2, 0) is 16.6 Å². The third-order valence-corrected chi connectivity index (χ3v) is 7.66. The summed E-state index contributed by atoms with van der Waals surface area (Å²) in [4.78, 5) is 6.72. The van der Waals surface area contributed by atoms with Crippen LogP contribution in [0.4, 0.5) is 0 Å². The Balaban J connectivity index is 1.42. The van der Waals surface area contributed by atoms with E-state index < -0.39 is 10.0 Å². The average Bonchev–Trinajstić information content (AvgIpc) is 3.26. The number of fused-ring (bicyclic) bond motifs is 2. The molecule has 0 unspecified atom stereocenters. The number of likely N-dealkylation sites (tertiary alicyclic amines) is 1. The van der Waals surface area contributed by atoms with Crippen molar-refractivity contribution in [1.29, 1.82) is 0 Å². The first-order chi connectivity index (χ1) is 14.0. The predicted octanol–water partition coefficient (Wildman–Crippen LogP) is 3.30. The minimum Gasteiger partial charge on any atom is -0.298 e. The van der Waals surface area contributed by atoms with Crippen molar-refractivity contribution in [3.05, 3.63) is 78.1 Å². The molecule has 0 N–H and O–H groups in total. The number of pyridine rings is 1. The van der Waals surface area contributed by atoms with Gasteiger partial charge in [-0.1, -0.05) is 48.5 Å². The van der Waals surface area contributed by atoms with Gasteiger partial charge in [0.15, 0.2) is 0 Å². The van der Waals surface area contributed by atoms with Gasteiger partial charge in [0.1, 0.15) is 0 Å². The summed E-state index contributed by atoms with van der Waals surface area (Å²) in [7, 11) is -3.24. The second-order valence-electron chi connectivity index (χ2n) is 8.32. The fourth-order valence-electron chi connectivity index (χ4n) is 5.20. The maximum Gasteiger partial charge on any atom is 0.211 e. The maximum absolute atomic E-state index is 12.5. The summed E-state index contributed by atoms with van der Waals surface area (Å²) in [6, 6.07) is 18.5. The molecule has 0 bridgehead atoms. The number of sulfonamides is 1. The van der Waals surface area contributed by atoms with Gasteiger partial charge in [-0.3, -0.25) is 9.88 Å². The summed E-state index contributed by atoms with van der Waals surface area (Å²) >= 11 is 0. The molecule has 5 rings (SSSR count). The van der Waals surface area contributed by atoms with E-state index >= 15 is 0 Å². The standard InChI is InChI=1S/C23H25N3O2S/c1-29(27,28)26-15-20-14-25(16-22(20)23(26)17-6-3-2-4-7-17)13-19-9-5-8-18-12-24-11-10-21(18)19/h2-12,20,22-23H,13-16H2,1H3/t20-,22-,23+/m1/s1. The highest BCUT2D eigenvalue weighted by atomic mass is 32.2. The van der Waals surface area contributed by atoms with Gasteiger partial charge in [-0.15, -0.1) is 0 Å². The van der Waals surface area contributed by atoms with E-state index in [1.807, 2.05) is 30.6 Å². The Morgan fingerprint density at radius 1 is 1.00 bits per heavy atom. The minimum atomic E-state index is -3.24. The van der Waals surface area contributed by atoms with Crippen molar-refractivity contribution in [3.63, 3.8) is 0 Å². The van der Waals surface area contributed by atoms with E-state index in [0.717, 1.165) is 30.6 Å². The molecule has 6 heteroatoms. The number of hydrogen-bond donors (Lipinski definition) is 0. The molecular formula is C23H25N3O2S. The number of rotatable bonds is 4. The summed E-state index contributed by atoms with van der Waals surface area (Å²) < 4.78 is 26.7. The summed E-state index contributed by atoms with van der Waals surface area (Å²) in [5.74, 6) is 0.690. The Morgan fingerprint density at radius 3 is 2.62 bits per heavy atom. The summed E-state index contributed by atoms with van der Waals surface area (Å²) in [5.41, 5.74) is 2.41. The summed E-state index contributed by atoms with van der Waals surface area (Å²) in [5, 5.41) is 2.41. The molecule has 2 saturated heterocycles. The van der Waals surface area contributed by atoms with E-state index in [-0.39, 0.29) is 6.04 Å². The van der Waals surface area contributed by atoms with Crippen molar-refractivity contribution >= 4 is 20.8 Å². The predicted molar refractivity (Wildman–Crippen MR) is 115 cm³/mol. The van der Waals surface area contributed by atoms with Gasteiger partial charge in [-0.05, 0) is 34.4 Å². The van der Waals surface area contributed by atoms with Crippen molar-refractivity contribution in [3.8, 4) is 0 Å². The molecule has 2 aromatic carbocycles. The van der Waals surface area contributed by atoms with Crippen LogP contribution in [-0.4, -0.2) is 48.5 Å². The van der Waals surface area contributed by atoms with Crippen LogP contribution in [0.15, 0.2) is 67.0 Å². The zero-order chi connectivity index (χ0) is 20.0. The van der Waals surface area contributed by atoms with Gasteiger partial charge in [0.2, 0.25) is 10.0 Å². The molecule has 150 valence electrons. The van der Waals surface area contributed by atoms with E-state index in [1.54, 1.807) is 4.31 Å². The van der Waals surface area contributed by atoms with E-state index in [0.29, 0.717) is 18.4 Å². The fourth-order valence-corrected chi connectivity index (χ4v) is 6.35. The first-order valence-corrected chi connectivity index (χ1v) is 11.9. The molecule has 29 heavy (non-hydrogen) atoms. The molecule has 3 aromatic rings. The van der Waals surface area contributed by atoms with E-state index in [2.05, 4.69) is 46.3 Å².